The molecule has 0 bridgehead atoms. The van der Waals surface area contributed by atoms with Crippen molar-refractivity contribution in [2.45, 2.75) is 20.5 Å². The maximum Gasteiger partial charge on any atom is 0.262 e. The summed E-state index contributed by atoms with van der Waals surface area (Å²) in [6, 6.07) is 14.3. The first-order valence-electron chi connectivity index (χ1n) is 8.45. The Morgan fingerprint density at radius 1 is 1.11 bits per heavy atom. The summed E-state index contributed by atoms with van der Waals surface area (Å²) in [6.45, 7) is 3.66. The number of nitrogens with one attached hydrogen (secondary N) is 1. The second-order valence-electron chi connectivity index (χ2n) is 6.28. The minimum atomic E-state index is -0.280. The average Bonchev–Trinajstić information content (AvgIpc) is 3.10. The number of aliphatic hydroxyl groups is 1. The number of amides is 1. The van der Waals surface area contributed by atoms with Crippen LogP contribution in [-0.2, 0) is 11.4 Å². The second-order valence-corrected chi connectivity index (χ2v) is 6.69. The van der Waals surface area contributed by atoms with E-state index in [1.54, 1.807) is 30.3 Å². The minimum Gasteiger partial charge on any atom is -0.484 e. The van der Waals surface area contributed by atoms with Gasteiger partial charge in [0, 0.05) is 11.3 Å². The summed E-state index contributed by atoms with van der Waals surface area (Å²) >= 11 is 6.23. The maximum atomic E-state index is 12.2. The van der Waals surface area contributed by atoms with Gasteiger partial charge in [-0.25, -0.2) is 0 Å². The number of hydrogen-bond acceptors (Lipinski definition) is 4. The van der Waals surface area contributed by atoms with Crippen LogP contribution in [0.2, 0.25) is 5.02 Å². The van der Waals surface area contributed by atoms with Gasteiger partial charge in [0.1, 0.15) is 23.9 Å². The van der Waals surface area contributed by atoms with Crippen LogP contribution >= 0.6 is 11.6 Å². The van der Waals surface area contributed by atoms with Gasteiger partial charge in [0.25, 0.3) is 5.91 Å². The van der Waals surface area contributed by atoms with E-state index < -0.39 is 0 Å². The summed E-state index contributed by atoms with van der Waals surface area (Å²) < 4.78 is 11.1. The van der Waals surface area contributed by atoms with Crippen molar-refractivity contribution in [1.82, 2.24) is 0 Å². The molecule has 0 aliphatic rings. The Labute approximate surface area is 162 Å². The zero-order valence-electron chi connectivity index (χ0n) is 15.1. The fourth-order valence-electron chi connectivity index (χ4n) is 2.76. The molecule has 0 aliphatic carbocycles. The average molecular weight is 386 g/mol. The molecule has 1 aromatic heterocycles. The van der Waals surface area contributed by atoms with Crippen LogP contribution in [0.25, 0.3) is 11.3 Å². The monoisotopic (exact) mass is 385 g/mol. The summed E-state index contributed by atoms with van der Waals surface area (Å²) in [5.74, 6) is 1.34. The quantitative estimate of drug-likeness (QED) is 0.643. The van der Waals surface area contributed by atoms with Gasteiger partial charge in [0.15, 0.2) is 6.61 Å². The topological polar surface area (TPSA) is 71.7 Å². The van der Waals surface area contributed by atoms with Crippen LogP contribution in [0.5, 0.6) is 5.75 Å². The number of furan rings is 1. The largest absolute Gasteiger partial charge is 0.484 e. The van der Waals surface area contributed by atoms with Crippen LogP contribution < -0.4 is 10.1 Å². The van der Waals surface area contributed by atoms with Crippen LogP contribution in [0.4, 0.5) is 5.69 Å². The van der Waals surface area contributed by atoms with Gasteiger partial charge in [-0.3, -0.25) is 4.79 Å². The van der Waals surface area contributed by atoms with Crippen molar-refractivity contribution >= 4 is 23.2 Å². The molecule has 1 heterocycles. The lowest BCUT2D eigenvalue weighted by molar-refractivity contribution is -0.118. The van der Waals surface area contributed by atoms with Crippen molar-refractivity contribution in [3.8, 4) is 17.1 Å². The van der Waals surface area contributed by atoms with Gasteiger partial charge in [0.05, 0.1) is 5.02 Å². The number of halogens is 1. The second kappa shape index (κ2) is 8.29. The Hall–Kier alpha value is -2.76. The van der Waals surface area contributed by atoms with Crippen LogP contribution in [-0.4, -0.2) is 17.6 Å². The zero-order valence-corrected chi connectivity index (χ0v) is 15.8. The smallest absolute Gasteiger partial charge is 0.262 e. The third-order valence-corrected chi connectivity index (χ3v) is 4.23. The van der Waals surface area contributed by atoms with E-state index in [-0.39, 0.29) is 19.1 Å². The number of anilines is 1. The molecule has 2 N–H and O–H groups in total. The van der Waals surface area contributed by atoms with Crippen LogP contribution in [0.1, 0.15) is 16.9 Å². The van der Waals surface area contributed by atoms with E-state index in [1.807, 2.05) is 32.0 Å². The molecule has 3 rings (SSSR count). The third-order valence-electron chi connectivity index (χ3n) is 3.90. The summed E-state index contributed by atoms with van der Waals surface area (Å²) in [5.41, 5.74) is 3.36. The van der Waals surface area contributed by atoms with Crippen molar-refractivity contribution in [2.75, 3.05) is 11.9 Å². The Bertz CT molecular complexity index is 944. The Morgan fingerprint density at radius 3 is 2.52 bits per heavy atom. The van der Waals surface area contributed by atoms with Crippen molar-refractivity contribution in [3.05, 3.63) is 70.4 Å². The normalized spacial score (nSPS) is 10.7. The molecule has 0 atom stereocenters. The van der Waals surface area contributed by atoms with Crippen molar-refractivity contribution in [1.29, 1.82) is 0 Å². The minimum absolute atomic E-state index is 0.101. The summed E-state index contributed by atoms with van der Waals surface area (Å²) in [4.78, 5) is 12.2. The standard InChI is InChI=1S/C21H20ClNO4/c1-13-7-14(2)9-17(8-13)26-12-21(25)23-15-3-5-19(22)18(10-15)20-6-4-16(11-24)27-20/h3-10,24H,11-12H2,1-2H3,(H,23,25). The van der Waals surface area contributed by atoms with Crippen LogP contribution in [0, 0.1) is 13.8 Å². The Balaban J connectivity index is 1.68. The third kappa shape index (κ3) is 4.90. The number of benzene rings is 2. The molecule has 0 saturated carbocycles. The molecule has 140 valence electrons. The zero-order chi connectivity index (χ0) is 19.4. The van der Waals surface area contributed by atoms with E-state index in [0.29, 0.717) is 33.5 Å². The molecule has 0 unspecified atom stereocenters. The summed E-state index contributed by atoms with van der Waals surface area (Å²) in [5, 5.41) is 12.4. The molecule has 5 nitrogen and oxygen atoms in total. The number of hydrogen-bond donors (Lipinski definition) is 2. The molecule has 2 aromatic carbocycles. The van der Waals surface area contributed by atoms with Crippen molar-refractivity contribution in [3.63, 3.8) is 0 Å². The fraction of sp³-hybridized carbons (Fsp3) is 0.190. The molecule has 0 fully saturated rings. The lowest BCUT2D eigenvalue weighted by Crippen LogP contribution is -2.20. The van der Waals surface area contributed by atoms with E-state index in [9.17, 15) is 4.79 Å². The van der Waals surface area contributed by atoms with E-state index in [4.69, 9.17) is 25.9 Å². The number of aliphatic hydroxyl groups excluding tert-OH is 1. The first kappa shape index (κ1) is 19.0. The highest BCUT2D eigenvalue weighted by Crippen LogP contribution is 2.32. The van der Waals surface area contributed by atoms with Gasteiger partial charge in [-0.1, -0.05) is 17.7 Å². The van der Waals surface area contributed by atoms with Gasteiger partial charge in [-0.15, -0.1) is 0 Å². The molecule has 6 heteroatoms. The molecule has 27 heavy (non-hydrogen) atoms. The highest BCUT2D eigenvalue weighted by atomic mass is 35.5. The molecular weight excluding hydrogens is 366 g/mol. The SMILES string of the molecule is Cc1cc(C)cc(OCC(=O)Nc2ccc(Cl)c(-c3ccc(CO)o3)c2)c1. The van der Waals surface area contributed by atoms with E-state index >= 15 is 0 Å². The number of ether oxygens (including phenoxy) is 1. The number of rotatable bonds is 6. The van der Waals surface area contributed by atoms with E-state index in [1.165, 1.54) is 0 Å². The van der Waals surface area contributed by atoms with Gasteiger partial charge in [0.2, 0.25) is 0 Å². The lowest BCUT2D eigenvalue weighted by atomic mass is 10.1. The van der Waals surface area contributed by atoms with E-state index in [2.05, 4.69) is 5.32 Å². The number of aryl methyl sites for hydroxylation is 2. The Morgan fingerprint density at radius 2 is 1.85 bits per heavy atom. The van der Waals surface area contributed by atoms with Gasteiger partial charge in [-0.05, 0) is 67.4 Å². The molecule has 3 aromatic rings. The van der Waals surface area contributed by atoms with Gasteiger partial charge >= 0.3 is 0 Å². The highest BCUT2D eigenvalue weighted by Gasteiger charge is 2.11. The first-order valence-corrected chi connectivity index (χ1v) is 8.83. The molecule has 0 radical (unpaired) electrons. The highest BCUT2D eigenvalue weighted by molar-refractivity contribution is 6.33. The molecule has 0 aliphatic heterocycles. The van der Waals surface area contributed by atoms with Crippen LogP contribution in [0.15, 0.2) is 52.9 Å². The summed E-state index contributed by atoms with van der Waals surface area (Å²) in [6.07, 6.45) is 0. The summed E-state index contributed by atoms with van der Waals surface area (Å²) in [7, 11) is 0. The van der Waals surface area contributed by atoms with Crippen molar-refractivity contribution < 1.29 is 19.1 Å². The number of carbonyl (C=O) groups excluding carboxylic acids is 1. The lowest BCUT2D eigenvalue weighted by Gasteiger charge is -2.10. The molecule has 1 amide bonds. The van der Waals surface area contributed by atoms with E-state index in [0.717, 1.165) is 11.1 Å². The molecule has 0 spiro atoms. The van der Waals surface area contributed by atoms with Gasteiger partial charge in [-0.2, -0.15) is 0 Å². The molecule has 0 saturated heterocycles. The number of carbonyl (C=O) groups is 1. The predicted octanol–water partition coefficient (Wildman–Crippen LogP) is 4.73. The maximum absolute atomic E-state index is 12.2. The first-order chi connectivity index (χ1) is 12.9. The fourth-order valence-corrected chi connectivity index (χ4v) is 2.97. The Kier molecular flexibility index (Phi) is 5.84. The van der Waals surface area contributed by atoms with Crippen LogP contribution in [0.3, 0.4) is 0 Å². The predicted molar refractivity (Wildman–Crippen MR) is 105 cm³/mol. The van der Waals surface area contributed by atoms with Gasteiger partial charge < -0.3 is 19.6 Å². The molecular formula is C21H20ClNO4. The van der Waals surface area contributed by atoms with Crippen molar-refractivity contribution in [2.24, 2.45) is 0 Å².